The number of aryl methyl sites for hydroxylation is 2. The lowest BCUT2D eigenvalue weighted by atomic mass is 9.82. The largest absolute Gasteiger partial charge is 0.488 e. The number of nitrogens with zero attached hydrogens (tertiary/aromatic N) is 2. The van der Waals surface area contributed by atoms with Crippen LogP contribution >= 0.6 is 0 Å². The molecule has 2 heterocycles. The third-order valence-corrected chi connectivity index (χ3v) is 7.75. The Morgan fingerprint density at radius 3 is 2.83 bits per heavy atom. The van der Waals surface area contributed by atoms with Gasteiger partial charge in [-0.3, -0.25) is 9.59 Å². The number of hydrogen-bond donors (Lipinski definition) is 2. The first-order valence-corrected chi connectivity index (χ1v) is 14.0. The minimum absolute atomic E-state index is 0.223. The summed E-state index contributed by atoms with van der Waals surface area (Å²) in [5, 5.41) is 10.4. The quantitative estimate of drug-likeness (QED) is 0.522. The van der Waals surface area contributed by atoms with E-state index in [2.05, 4.69) is 10.6 Å². The predicted octanol–water partition coefficient (Wildman–Crippen LogP) is 2.44. The fourth-order valence-electron chi connectivity index (χ4n) is 5.18. The smallest absolute Gasteiger partial charge is 0.272 e. The number of rotatable bonds is 9. The minimum Gasteiger partial charge on any atom is -0.488 e. The average molecular weight is 523 g/mol. The van der Waals surface area contributed by atoms with Crippen LogP contribution < -0.4 is 15.4 Å². The number of anilines is 1. The van der Waals surface area contributed by atoms with E-state index in [0.29, 0.717) is 43.2 Å². The van der Waals surface area contributed by atoms with E-state index in [1.807, 2.05) is 0 Å². The van der Waals surface area contributed by atoms with E-state index in [-0.39, 0.29) is 11.4 Å². The van der Waals surface area contributed by atoms with Crippen molar-refractivity contribution in [3.05, 3.63) is 40.6 Å². The minimum atomic E-state index is -3.55. The third kappa shape index (κ3) is 5.09. The highest BCUT2D eigenvalue weighted by Gasteiger charge is 2.46. The van der Waals surface area contributed by atoms with E-state index in [9.17, 15) is 26.8 Å². The van der Waals surface area contributed by atoms with Gasteiger partial charge in [0.2, 0.25) is 5.91 Å². The second-order valence-electron chi connectivity index (χ2n) is 9.98. The number of alkyl halides is 2. The van der Waals surface area contributed by atoms with Crippen LogP contribution in [0.4, 0.5) is 14.6 Å². The molecule has 194 valence electrons. The van der Waals surface area contributed by atoms with Crippen LogP contribution in [0, 0.1) is 5.92 Å². The number of halogens is 2. The summed E-state index contributed by atoms with van der Waals surface area (Å²) in [6.07, 6.45) is 3.18. The fourth-order valence-corrected chi connectivity index (χ4v) is 5.73. The molecule has 36 heavy (non-hydrogen) atoms. The van der Waals surface area contributed by atoms with Crippen LogP contribution in [0.25, 0.3) is 0 Å². The summed E-state index contributed by atoms with van der Waals surface area (Å²) in [6.45, 7) is -0.177. The zero-order valence-corrected chi connectivity index (χ0v) is 20.7. The molecule has 0 saturated heterocycles. The van der Waals surface area contributed by atoms with Gasteiger partial charge in [-0.05, 0) is 48.4 Å². The first-order valence-electron chi connectivity index (χ1n) is 12.0. The molecular formula is C24H28F2N4O5S. The standard InChI is InChI=1S/C24H28F2N4O5S/c1-36(33,34)13-20(31)27-22-21-18(29-30(22)9-7-14-2-3-14)11-24(28-23(21)32)8-6-15-10-16(4-5-17(15)24)35-12-19(25)26/h4-5,10,14,19H,2-3,6-9,11-13H2,1H3,(H,27,31)(H,28,32)/t24-/m1/s1. The summed E-state index contributed by atoms with van der Waals surface area (Å²) in [5.41, 5.74) is 1.89. The van der Waals surface area contributed by atoms with E-state index in [0.717, 1.165) is 36.6 Å². The van der Waals surface area contributed by atoms with Crippen LogP contribution in [-0.4, -0.2) is 55.1 Å². The highest BCUT2D eigenvalue weighted by atomic mass is 32.2. The molecule has 3 aliphatic rings. The van der Waals surface area contributed by atoms with Crippen molar-refractivity contribution in [2.45, 2.75) is 57.0 Å². The molecule has 0 unspecified atom stereocenters. The zero-order valence-electron chi connectivity index (χ0n) is 19.9. The average Bonchev–Trinajstić information content (AvgIpc) is 3.47. The number of fused-ring (bicyclic) bond motifs is 3. The number of hydrogen-bond acceptors (Lipinski definition) is 6. The molecule has 2 aliphatic carbocycles. The van der Waals surface area contributed by atoms with Crippen molar-refractivity contribution in [1.29, 1.82) is 0 Å². The highest BCUT2D eigenvalue weighted by molar-refractivity contribution is 7.91. The zero-order chi connectivity index (χ0) is 25.7. The Morgan fingerprint density at radius 1 is 1.36 bits per heavy atom. The van der Waals surface area contributed by atoms with Crippen molar-refractivity contribution >= 4 is 27.5 Å². The first-order chi connectivity index (χ1) is 17.0. The number of carbonyl (C=O) groups is 2. The van der Waals surface area contributed by atoms with Crippen LogP contribution in [0.15, 0.2) is 18.2 Å². The van der Waals surface area contributed by atoms with Gasteiger partial charge in [0.15, 0.2) is 9.84 Å². The Hall–Kier alpha value is -3.02. The molecule has 5 rings (SSSR count). The summed E-state index contributed by atoms with van der Waals surface area (Å²) in [7, 11) is -3.55. The Labute approximate surface area is 207 Å². The van der Waals surface area contributed by atoms with Crippen molar-refractivity contribution in [3.63, 3.8) is 0 Å². The number of carbonyl (C=O) groups excluding carboxylic acids is 2. The summed E-state index contributed by atoms with van der Waals surface area (Å²) in [6, 6.07) is 5.16. The molecule has 1 saturated carbocycles. The Balaban J connectivity index is 1.44. The molecule has 2 N–H and O–H groups in total. The lowest BCUT2D eigenvalue weighted by Gasteiger charge is -2.35. The van der Waals surface area contributed by atoms with E-state index in [4.69, 9.17) is 9.84 Å². The molecule has 0 bridgehead atoms. The predicted molar refractivity (Wildman–Crippen MR) is 127 cm³/mol. The van der Waals surface area contributed by atoms with E-state index in [1.165, 1.54) is 0 Å². The summed E-state index contributed by atoms with van der Waals surface area (Å²) in [4.78, 5) is 25.9. The molecule has 1 spiro atoms. The fraction of sp³-hybridized carbons (Fsp3) is 0.542. The van der Waals surface area contributed by atoms with Gasteiger partial charge in [-0.1, -0.05) is 18.9 Å². The molecule has 2 amide bonds. The summed E-state index contributed by atoms with van der Waals surface area (Å²) >= 11 is 0. The summed E-state index contributed by atoms with van der Waals surface area (Å²) in [5.74, 6) is -0.633. The maximum Gasteiger partial charge on any atom is 0.272 e. The highest BCUT2D eigenvalue weighted by Crippen LogP contribution is 2.44. The molecule has 9 nitrogen and oxygen atoms in total. The number of nitrogens with one attached hydrogen (secondary N) is 2. The number of aromatic nitrogens is 2. The van der Waals surface area contributed by atoms with Crippen molar-refractivity contribution in [2.75, 3.05) is 23.9 Å². The normalized spacial score (nSPS) is 20.8. The molecule has 1 aromatic heterocycles. The number of ether oxygens (including phenoxy) is 1. The molecule has 1 aliphatic heterocycles. The Bertz CT molecular complexity index is 1320. The monoisotopic (exact) mass is 522 g/mol. The molecule has 0 radical (unpaired) electrons. The Morgan fingerprint density at radius 2 is 2.14 bits per heavy atom. The topological polar surface area (TPSA) is 119 Å². The third-order valence-electron chi connectivity index (χ3n) is 6.96. The van der Waals surface area contributed by atoms with Gasteiger partial charge in [0.25, 0.3) is 12.3 Å². The lowest BCUT2D eigenvalue weighted by Crippen LogP contribution is -2.49. The van der Waals surface area contributed by atoms with Crippen LogP contribution in [0.2, 0.25) is 0 Å². The van der Waals surface area contributed by atoms with Gasteiger partial charge in [0, 0.05) is 19.2 Å². The van der Waals surface area contributed by atoms with Crippen LogP contribution in [0.3, 0.4) is 0 Å². The number of amides is 2. The SMILES string of the molecule is CS(=O)(=O)CC(=O)Nc1c2c(nn1CCC1CC1)C[C@@]1(CCc3cc(OCC(F)F)ccc31)NC2=O. The van der Waals surface area contributed by atoms with Crippen molar-refractivity contribution < 1.29 is 31.5 Å². The van der Waals surface area contributed by atoms with Crippen LogP contribution in [0.5, 0.6) is 5.75 Å². The van der Waals surface area contributed by atoms with Crippen molar-refractivity contribution in [3.8, 4) is 5.75 Å². The van der Waals surface area contributed by atoms with Gasteiger partial charge in [0.1, 0.15) is 29.5 Å². The van der Waals surface area contributed by atoms with Gasteiger partial charge >= 0.3 is 0 Å². The molecule has 2 aromatic rings. The second kappa shape index (κ2) is 9.13. The second-order valence-corrected chi connectivity index (χ2v) is 12.1. The van der Waals surface area contributed by atoms with Crippen molar-refractivity contribution in [1.82, 2.24) is 15.1 Å². The molecule has 12 heteroatoms. The van der Waals surface area contributed by atoms with E-state index in [1.54, 1.807) is 22.9 Å². The number of sulfone groups is 1. The van der Waals surface area contributed by atoms with E-state index >= 15 is 0 Å². The van der Waals surface area contributed by atoms with E-state index < -0.39 is 46.0 Å². The van der Waals surface area contributed by atoms with Gasteiger partial charge in [-0.2, -0.15) is 5.10 Å². The van der Waals surface area contributed by atoms with Gasteiger partial charge in [0.05, 0.1) is 11.2 Å². The summed E-state index contributed by atoms with van der Waals surface area (Å²) < 4.78 is 55.0. The Kier molecular flexibility index (Phi) is 6.26. The maximum atomic E-state index is 13.4. The van der Waals surface area contributed by atoms with Crippen LogP contribution in [0.1, 0.15) is 52.9 Å². The number of benzene rings is 1. The molecule has 1 atom stereocenters. The van der Waals surface area contributed by atoms with Crippen molar-refractivity contribution in [2.24, 2.45) is 5.92 Å². The van der Waals surface area contributed by atoms with Gasteiger partial charge in [-0.15, -0.1) is 0 Å². The van der Waals surface area contributed by atoms with Crippen LogP contribution in [-0.2, 0) is 39.6 Å². The lowest BCUT2D eigenvalue weighted by molar-refractivity contribution is -0.113. The van der Waals surface area contributed by atoms with Gasteiger partial charge < -0.3 is 15.4 Å². The molecule has 1 fully saturated rings. The molecule has 1 aromatic carbocycles. The maximum absolute atomic E-state index is 13.4. The first kappa shape index (κ1) is 24.7. The molecular weight excluding hydrogens is 494 g/mol. The van der Waals surface area contributed by atoms with Gasteiger partial charge in [-0.25, -0.2) is 21.9 Å².